The van der Waals surface area contributed by atoms with E-state index in [4.69, 9.17) is 4.52 Å². The molecular formula is C21H21N3O3S. The van der Waals surface area contributed by atoms with Gasteiger partial charge in [0.15, 0.2) is 0 Å². The Morgan fingerprint density at radius 1 is 1.11 bits per heavy atom. The molecule has 0 radical (unpaired) electrons. The number of thioether (sulfide) groups is 1. The first kappa shape index (κ1) is 19.7. The van der Waals surface area contributed by atoms with Gasteiger partial charge in [0, 0.05) is 17.5 Å². The second-order valence-corrected chi connectivity index (χ2v) is 7.09. The van der Waals surface area contributed by atoms with Crippen molar-refractivity contribution in [3.05, 3.63) is 65.9 Å². The average molecular weight is 395 g/mol. The SMILES string of the molecule is CSc1ccccc1NC(=O)CN(C)C(=O)c1c(-c2ccccc2)noc1C. The zero-order valence-electron chi connectivity index (χ0n) is 15.9. The summed E-state index contributed by atoms with van der Waals surface area (Å²) in [5.74, 6) is -0.164. The number of benzene rings is 2. The highest BCUT2D eigenvalue weighted by molar-refractivity contribution is 7.98. The quantitative estimate of drug-likeness (QED) is 0.637. The maximum atomic E-state index is 13.0. The fourth-order valence-electron chi connectivity index (χ4n) is 2.83. The van der Waals surface area contributed by atoms with E-state index in [1.165, 1.54) is 4.90 Å². The number of hydrogen-bond acceptors (Lipinski definition) is 5. The molecule has 0 aliphatic heterocycles. The summed E-state index contributed by atoms with van der Waals surface area (Å²) in [7, 11) is 1.59. The van der Waals surface area contributed by atoms with Crippen LogP contribution in [0.25, 0.3) is 11.3 Å². The van der Waals surface area contributed by atoms with Crippen LogP contribution in [0.3, 0.4) is 0 Å². The molecule has 28 heavy (non-hydrogen) atoms. The molecule has 1 heterocycles. The fourth-order valence-corrected chi connectivity index (χ4v) is 3.39. The van der Waals surface area contributed by atoms with E-state index in [9.17, 15) is 9.59 Å². The van der Waals surface area contributed by atoms with Crippen LogP contribution in [-0.4, -0.2) is 41.7 Å². The van der Waals surface area contributed by atoms with Crippen LogP contribution in [0.4, 0.5) is 5.69 Å². The number of nitrogens with one attached hydrogen (secondary N) is 1. The molecule has 0 unspecified atom stereocenters. The first-order chi connectivity index (χ1) is 13.5. The Hall–Kier alpha value is -3.06. The molecule has 2 aromatic carbocycles. The molecule has 7 heteroatoms. The largest absolute Gasteiger partial charge is 0.360 e. The molecule has 1 N–H and O–H groups in total. The third-order valence-corrected chi connectivity index (χ3v) is 5.03. The predicted molar refractivity (Wildman–Crippen MR) is 110 cm³/mol. The summed E-state index contributed by atoms with van der Waals surface area (Å²) in [6.45, 7) is 1.61. The van der Waals surface area contributed by atoms with Crippen molar-refractivity contribution >= 4 is 29.3 Å². The Bertz CT molecular complexity index is 986. The average Bonchev–Trinajstić information content (AvgIpc) is 3.09. The molecule has 0 bridgehead atoms. The van der Waals surface area contributed by atoms with Crippen LogP contribution >= 0.6 is 11.8 Å². The minimum Gasteiger partial charge on any atom is -0.360 e. The van der Waals surface area contributed by atoms with E-state index in [1.807, 2.05) is 60.9 Å². The molecule has 0 saturated carbocycles. The van der Waals surface area contributed by atoms with Crippen LogP contribution in [0, 0.1) is 6.92 Å². The monoisotopic (exact) mass is 395 g/mol. The van der Waals surface area contributed by atoms with Gasteiger partial charge >= 0.3 is 0 Å². The van der Waals surface area contributed by atoms with E-state index in [-0.39, 0.29) is 18.4 Å². The molecule has 0 aliphatic carbocycles. The van der Waals surface area contributed by atoms with E-state index in [2.05, 4.69) is 10.5 Å². The molecule has 6 nitrogen and oxygen atoms in total. The molecule has 3 aromatic rings. The van der Waals surface area contributed by atoms with Gasteiger partial charge in [-0.1, -0.05) is 47.6 Å². The van der Waals surface area contributed by atoms with Crippen molar-refractivity contribution in [2.24, 2.45) is 0 Å². The number of carbonyl (C=O) groups excluding carboxylic acids is 2. The van der Waals surface area contributed by atoms with Crippen LogP contribution < -0.4 is 5.32 Å². The smallest absolute Gasteiger partial charge is 0.259 e. The summed E-state index contributed by atoms with van der Waals surface area (Å²) in [4.78, 5) is 27.8. The second kappa shape index (κ2) is 8.75. The third kappa shape index (κ3) is 4.26. The number of amides is 2. The van der Waals surface area contributed by atoms with Gasteiger partial charge in [-0.2, -0.15) is 0 Å². The lowest BCUT2D eigenvalue weighted by atomic mass is 10.1. The maximum absolute atomic E-state index is 13.0. The van der Waals surface area contributed by atoms with Gasteiger partial charge in [0.1, 0.15) is 17.0 Å². The summed E-state index contributed by atoms with van der Waals surface area (Å²) >= 11 is 1.55. The highest BCUT2D eigenvalue weighted by atomic mass is 32.2. The highest BCUT2D eigenvalue weighted by Gasteiger charge is 2.25. The Morgan fingerprint density at radius 3 is 2.50 bits per heavy atom. The summed E-state index contributed by atoms with van der Waals surface area (Å²) in [5, 5.41) is 6.89. The number of likely N-dealkylation sites (N-methyl/N-ethyl adjacent to an activating group) is 1. The summed E-state index contributed by atoms with van der Waals surface area (Å²) < 4.78 is 5.25. The zero-order chi connectivity index (χ0) is 20.1. The number of rotatable bonds is 6. The molecular weight excluding hydrogens is 374 g/mol. The Morgan fingerprint density at radius 2 is 1.79 bits per heavy atom. The minimum absolute atomic E-state index is 0.0829. The Balaban J connectivity index is 1.75. The Kier molecular flexibility index (Phi) is 6.16. The lowest BCUT2D eigenvalue weighted by Crippen LogP contribution is -2.35. The van der Waals surface area contributed by atoms with E-state index >= 15 is 0 Å². The number of aromatic nitrogens is 1. The highest BCUT2D eigenvalue weighted by Crippen LogP contribution is 2.27. The Labute approximate surface area is 167 Å². The lowest BCUT2D eigenvalue weighted by molar-refractivity contribution is -0.116. The van der Waals surface area contributed by atoms with Gasteiger partial charge < -0.3 is 14.7 Å². The molecule has 0 saturated heterocycles. The number of anilines is 1. The van der Waals surface area contributed by atoms with Crippen LogP contribution in [0.5, 0.6) is 0 Å². The molecule has 2 amide bonds. The van der Waals surface area contributed by atoms with Crippen molar-refractivity contribution in [3.8, 4) is 11.3 Å². The normalized spacial score (nSPS) is 10.5. The van der Waals surface area contributed by atoms with Gasteiger partial charge in [0.25, 0.3) is 5.91 Å². The van der Waals surface area contributed by atoms with E-state index < -0.39 is 0 Å². The van der Waals surface area contributed by atoms with Gasteiger partial charge in [-0.05, 0) is 25.3 Å². The first-order valence-corrected chi connectivity index (χ1v) is 9.93. The molecule has 0 spiro atoms. The molecule has 144 valence electrons. The van der Waals surface area contributed by atoms with Crippen molar-refractivity contribution in [2.45, 2.75) is 11.8 Å². The molecule has 1 aromatic heterocycles. The molecule has 3 rings (SSSR count). The summed E-state index contributed by atoms with van der Waals surface area (Å²) in [6, 6.07) is 16.9. The van der Waals surface area contributed by atoms with E-state index in [0.717, 1.165) is 16.1 Å². The topological polar surface area (TPSA) is 75.4 Å². The third-order valence-electron chi connectivity index (χ3n) is 4.23. The number of nitrogens with zero attached hydrogens (tertiary/aromatic N) is 2. The first-order valence-electron chi connectivity index (χ1n) is 8.71. The van der Waals surface area contributed by atoms with Gasteiger partial charge in [-0.15, -0.1) is 11.8 Å². The number of aryl methyl sites for hydroxylation is 1. The van der Waals surface area contributed by atoms with Gasteiger partial charge in [-0.25, -0.2) is 0 Å². The van der Waals surface area contributed by atoms with Gasteiger partial charge in [-0.3, -0.25) is 9.59 Å². The summed E-state index contributed by atoms with van der Waals surface area (Å²) in [6.07, 6.45) is 1.94. The summed E-state index contributed by atoms with van der Waals surface area (Å²) in [5.41, 5.74) is 2.36. The maximum Gasteiger partial charge on any atom is 0.259 e. The van der Waals surface area contributed by atoms with Crippen LogP contribution in [-0.2, 0) is 4.79 Å². The minimum atomic E-state index is -0.314. The predicted octanol–water partition coefficient (Wildman–Crippen LogP) is 4.08. The number of para-hydroxylation sites is 1. The lowest BCUT2D eigenvalue weighted by Gasteiger charge is -2.17. The van der Waals surface area contributed by atoms with Crippen LogP contribution in [0.2, 0.25) is 0 Å². The van der Waals surface area contributed by atoms with E-state index in [1.54, 1.807) is 25.7 Å². The molecule has 0 fully saturated rings. The van der Waals surface area contributed by atoms with Crippen molar-refractivity contribution in [1.29, 1.82) is 0 Å². The van der Waals surface area contributed by atoms with Crippen LogP contribution in [0.15, 0.2) is 64.0 Å². The zero-order valence-corrected chi connectivity index (χ0v) is 16.7. The molecule has 0 atom stereocenters. The van der Waals surface area contributed by atoms with Gasteiger partial charge in [0.05, 0.1) is 12.2 Å². The number of carbonyl (C=O) groups is 2. The van der Waals surface area contributed by atoms with Crippen LogP contribution in [0.1, 0.15) is 16.1 Å². The molecule has 0 aliphatic rings. The standard InChI is InChI=1S/C21H21N3O3S/c1-14-19(20(23-27-14)15-9-5-4-6-10-15)21(26)24(2)13-18(25)22-16-11-7-8-12-17(16)28-3/h4-12H,13H2,1-3H3,(H,22,25). The van der Waals surface area contributed by atoms with Crippen molar-refractivity contribution in [1.82, 2.24) is 10.1 Å². The van der Waals surface area contributed by atoms with Crippen molar-refractivity contribution < 1.29 is 14.1 Å². The van der Waals surface area contributed by atoms with Crippen molar-refractivity contribution in [3.63, 3.8) is 0 Å². The second-order valence-electron chi connectivity index (χ2n) is 6.24. The van der Waals surface area contributed by atoms with E-state index in [0.29, 0.717) is 17.0 Å². The fraction of sp³-hybridized carbons (Fsp3) is 0.190. The van der Waals surface area contributed by atoms with Gasteiger partial charge in [0.2, 0.25) is 5.91 Å². The van der Waals surface area contributed by atoms with Crippen molar-refractivity contribution in [2.75, 3.05) is 25.2 Å². The number of hydrogen-bond donors (Lipinski definition) is 1.